The van der Waals surface area contributed by atoms with Gasteiger partial charge in [0.1, 0.15) is 0 Å². The topological polar surface area (TPSA) is 8.17 Å². The van der Waals surface area contributed by atoms with E-state index in [9.17, 15) is 0 Å². The van der Waals surface area contributed by atoms with E-state index in [1.807, 2.05) is 0 Å². The minimum Gasteiger partial charge on any atom is -0.310 e. The molecule has 308 valence electrons. The van der Waals surface area contributed by atoms with Crippen LogP contribution < -0.4 is 4.90 Å². The fourth-order valence-corrected chi connectivity index (χ4v) is 10.7. The molecule has 11 aromatic carbocycles. The number of benzene rings is 11. The van der Waals surface area contributed by atoms with Crippen LogP contribution in [0.1, 0.15) is 16.7 Å². The minimum atomic E-state index is 1.09. The molecule has 0 fully saturated rings. The number of hydrogen-bond acceptors (Lipinski definition) is 1. The zero-order chi connectivity index (χ0) is 43.6. The Labute approximate surface area is 379 Å². The third kappa shape index (κ3) is 6.40. The molecule has 0 aliphatic heterocycles. The highest BCUT2D eigenvalue weighted by Gasteiger charge is 2.21. The van der Waals surface area contributed by atoms with E-state index >= 15 is 0 Å². The van der Waals surface area contributed by atoms with Crippen molar-refractivity contribution < 1.29 is 0 Å². The average Bonchev–Trinajstić information content (AvgIpc) is 3.68. The van der Waals surface area contributed by atoms with Crippen LogP contribution in [0.5, 0.6) is 0 Å². The number of fused-ring (bicyclic) bond motifs is 6. The molecule has 2 nitrogen and oxygen atoms in total. The Balaban J connectivity index is 1.04. The molecule has 1 aromatic heterocycles. The predicted octanol–water partition coefficient (Wildman–Crippen LogP) is 17.6. The fraction of sp³-hybridized carbons (Fsp3) is 0.0476. The molecule has 0 N–H and O–H groups in total. The van der Waals surface area contributed by atoms with E-state index in [-0.39, 0.29) is 0 Å². The first-order valence-electron chi connectivity index (χ1n) is 22.6. The van der Waals surface area contributed by atoms with Crippen LogP contribution in [0.15, 0.2) is 224 Å². The van der Waals surface area contributed by atoms with Gasteiger partial charge in [0.25, 0.3) is 0 Å². The third-order valence-electron chi connectivity index (χ3n) is 13.4. The highest BCUT2D eigenvalue weighted by molar-refractivity contribution is 6.22. The summed E-state index contributed by atoms with van der Waals surface area (Å²) in [4.78, 5) is 2.41. The zero-order valence-electron chi connectivity index (χ0n) is 36.8. The summed E-state index contributed by atoms with van der Waals surface area (Å²) in [5.41, 5.74) is 18.2. The van der Waals surface area contributed by atoms with Gasteiger partial charge in [0.05, 0.1) is 11.0 Å². The standard InChI is InChI=1S/C63H46N2/c1-41-38-42(2)61(43(3)39-41)63-56-24-11-9-22-54(56)62(55-23-10-12-25-57(55)63)46-30-34-49(35-31-46)64(48-32-28-45(29-33-48)52-26-15-17-44-16-7-8-20-51(44)52)50-36-37-60-58(40-50)53-21-13-14-27-59(53)65(60)47-18-5-4-6-19-47/h4-40H,1-3H3. The summed E-state index contributed by atoms with van der Waals surface area (Å²) in [6, 6.07) is 82.6. The Bertz CT molecular complexity index is 3700. The lowest BCUT2D eigenvalue weighted by atomic mass is 9.83. The van der Waals surface area contributed by atoms with Crippen LogP contribution in [0.25, 0.3) is 93.2 Å². The molecular formula is C63H46N2. The Kier molecular flexibility index (Phi) is 9.21. The zero-order valence-corrected chi connectivity index (χ0v) is 36.8. The molecule has 0 amide bonds. The summed E-state index contributed by atoms with van der Waals surface area (Å²) < 4.78 is 2.38. The van der Waals surface area contributed by atoms with Crippen molar-refractivity contribution >= 4 is 71.2 Å². The summed E-state index contributed by atoms with van der Waals surface area (Å²) in [5, 5.41) is 10.0. The van der Waals surface area contributed by atoms with Crippen LogP contribution in [0, 0.1) is 20.8 Å². The van der Waals surface area contributed by atoms with Gasteiger partial charge >= 0.3 is 0 Å². The molecule has 12 rings (SSSR count). The molecule has 0 atom stereocenters. The summed E-state index contributed by atoms with van der Waals surface area (Å²) in [7, 11) is 0. The molecule has 0 unspecified atom stereocenters. The Morgan fingerprint density at radius 3 is 1.46 bits per heavy atom. The van der Waals surface area contributed by atoms with Crippen molar-refractivity contribution in [1.82, 2.24) is 4.57 Å². The van der Waals surface area contributed by atoms with E-state index in [0.29, 0.717) is 0 Å². The molecule has 0 aliphatic rings. The second kappa shape index (κ2) is 15.6. The molecular weight excluding hydrogens is 785 g/mol. The number of aryl methyl sites for hydroxylation is 3. The SMILES string of the molecule is Cc1cc(C)c(-c2c3ccccc3c(-c3ccc(N(c4ccc(-c5cccc6ccccc56)cc4)c4ccc5c(c4)c4ccccc4n5-c4ccccc4)cc3)c3ccccc23)c(C)c1. The minimum absolute atomic E-state index is 1.09. The van der Waals surface area contributed by atoms with Crippen molar-refractivity contribution in [3.8, 4) is 39.1 Å². The number of hydrogen-bond donors (Lipinski definition) is 0. The normalized spacial score (nSPS) is 11.6. The van der Waals surface area contributed by atoms with Crippen molar-refractivity contribution in [2.75, 3.05) is 4.90 Å². The first-order valence-corrected chi connectivity index (χ1v) is 22.6. The van der Waals surface area contributed by atoms with E-state index < -0.39 is 0 Å². The molecule has 0 saturated heterocycles. The van der Waals surface area contributed by atoms with Gasteiger partial charge in [-0.2, -0.15) is 0 Å². The lowest BCUT2D eigenvalue weighted by Crippen LogP contribution is -2.10. The summed E-state index contributed by atoms with van der Waals surface area (Å²) in [6.07, 6.45) is 0. The number of para-hydroxylation sites is 2. The van der Waals surface area contributed by atoms with E-state index in [0.717, 1.165) is 22.7 Å². The maximum atomic E-state index is 2.41. The summed E-state index contributed by atoms with van der Waals surface area (Å²) in [5.74, 6) is 0. The smallest absolute Gasteiger partial charge is 0.0542 e. The monoisotopic (exact) mass is 830 g/mol. The van der Waals surface area contributed by atoms with Gasteiger partial charge in [0.2, 0.25) is 0 Å². The van der Waals surface area contributed by atoms with Gasteiger partial charge in [0, 0.05) is 33.5 Å². The van der Waals surface area contributed by atoms with E-state index in [1.165, 1.54) is 104 Å². The van der Waals surface area contributed by atoms with Gasteiger partial charge in [-0.15, -0.1) is 0 Å². The van der Waals surface area contributed by atoms with Crippen LogP contribution >= 0.6 is 0 Å². The maximum absolute atomic E-state index is 2.41. The van der Waals surface area contributed by atoms with Gasteiger partial charge < -0.3 is 9.47 Å². The second-order valence-corrected chi connectivity index (χ2v) is 17.5. The van der Waals surface area contributed by atoms with Crippen LogP contribution in [-0.4, -0.2) is 4.57 Å². The Hall–Kier alpha value is -8.20. The van der Waals surface area contributed by atoms with Gasteiger partial charge in [-0.3, -0.25) is 0 Å². The number of aromatic nitrogens is 1. The highest BCUT2D eigenvalue weighted by Crippen LogP contribution is 2.47. The quantitative estimate of drug-likeness (QED) is 0.145. The van der Waals surface area contributed by atoms with E-state index in [2.05, 4.69) is 255 Å². The molecule has 12 aromatic rings. The molecule has 2 heteroatoms. The van der Waals surface area contributed by atoms with Crippen molar-refractivity contribution in [2.24, 2.45) is 0 Å². The fourth-order valence-electron chi connectivity index (χ4n) is 10.7. The van der Waals surface area contributed by atoms with Gasteiger partial charge in [0.15, 0.2) is 0 Å². The predicted molar refractivity (Wildman–Crippen MR) is 279 cm³/mol. The molecule has 0 bridgehead atoms. The number of nitrogens with zero attached hydrogens (tertiary/aromatic N) is 2. The van der Waals surface area contributed by atoms with E-state index in [4.69, 9.17) is 0 Å². The van der Waals surface area contributed by atoms with Gasteiger partial charge in [-0.05, 0) is 158 Å². The molecule has 65 heavy (non-hydrogen) atoms. The van der Waals surface area contributed by atoms with E-state index in [1.54, 1.807) is 0 Å². The molecule has 0 aliphatic carbocycles. The van der Waals surface area contributed by atoms with Gasteiger partial charge in [-0.1, -0.05) is 169 Å². The first kappa shape index (κ1) is 38.5. The average molecular weight is 831 g/mol. The van der Waals surface area contributed by atoms with Crippen molar-refractivity contribution in [2.45, 2.75) is 20.8 Å². The maximum Gasteiger partial charge on any atom is 0.0542 e. The number of rotatable bonds is 7. The lowest BCUT2D eigenvalue weighted by Gasteiger charge is -2.26. The highest BCUT2D eigenvalue weighted by atomic mass is 15.1. The van der Waals surface area contributed by atoms with Crippen LogP contribution in [0.2, 0.25) is 0 Å². The van der Waals surface area contributed by atoms with Gasteiger partial charge in [-0.25, -0.2) is 0 Å². The third-order valence-corrected chi connectivity index (χ3v) is 13.4. The van der Waals surface area contributed by atoms with Crippen molar-refractivity contribution in [3.63, 3.8) is 0 Å². The van der Waals surface area contributed by atoms with Crippen molar-refractivity contribution in [1.29, 1.82) is 0 Å². The van der Waals surface area contributed by atoms with Crippen molar-refractivity contribution in [3.05, 3.63) is 241 Å². The summed E-state index contributed by atoms with van der Waals surface area (Å²) in [6.45, 7) is 6.71. The molecule has 1 heterocycles. The Morgan fingerprint density at radius 1 is 0.323 bits per heavy atom. The van der Waals surface area contributed by atoms with Crippen LogP contribution in [0.4, 0.5) is 17.1 Å². The van der Waals surface area contributed by atoms with Crippen LogP contribution in [-0.2, 0) is 0 Å². The number of anilines is 3. The largest absolute Gasteiger partial charge is 0.310 e. The first-order chi connectivity index (χ1) is 32.0. The lowest BCUT2D eigenvalue weighted by molar-refractivity contribution is 1.18. The molecule has 0 radical (unpaired) electrons. The van der Waals surface area contributed by atoms with Crippen LogP contribution in [0.3, 0.4) is 0 Å². The molecule has 0 spiro atoms. The Morgan fingerprint density at radius 2 is 0.815 bits per heavy atom. The molecule has 0 saturated carbocycles. The second-order valence-electron chi connectivity index (χ2n) is 17.5. The summed E-state index contributed by atoms with van der Waals surface area (Å²) >= 11 is 0.